The Kier molecular flexibility index (Phi) is 5.99. The van der Waals surface area contributed by atoms with Crippen LogP contribution in [0.2, 0.25) is 0 Å². The lowest BCUT2D eigenvalue weighted by atomic mass is 10.1. The first kappa shape index (κ1) is 19.9. The molecule has 0 fully saturated rings. The number of pyridine rings is 1. The van der Waals surface area contributed by atoms with E-state index in [0.29, 0.717) is 5.75 Å². The summed E-state index contributed by atoms with van der Waals surface area (Å²) in [5.41, 5.74) is 0.965. The van der Waals surface area contributed by atoms with Crippen molar-refractivity contribution in [1.29, 1.82) is 0 Å². The van der Waals surface area contributed by atoms with Crippen LogP contribution in [-0.4, -0.2) is 30.3 Å². The van der Waals surface area contributed by atoms with Gasteiger partial charge in [0.15, 0.2) is 0 Å². The second kappa shape index (κ2) is 8.43. The van der Waals surface area contributed by atoms with Crippen LogP contribution < -0.4 is 4.74 Å². The lowest BCUT2D eigenvalue weighted by Gasteiger charge is -2.20. The molecule has 0 amide bonds. The number of ether oxygens (including phenoxy) is 2. The molecule has 28 heavy (non-hydrogen) atoms. The number of carbonyl (C=O) groups excluding carboxylic acids is 1. The van der Waals surface area contributed by atoms with Crippen LogP contribution in [0.15, 0.2) is 61.4 Å². The van der Waals surface area contributed by atoms with Gasteiger partial charge in [-0.05, 0) is 35.7 Å². The van der Waals surface area contributed by atoms with Crippen LogP contribution in [0, 0.1) is 5.92 Å². The number of alkyl halides is 3. The number of carbonyl (C=O) groups is 1. The van der Waals surface area contributed by atoms with E-state index in [1.165, 1.54) is 11.3 Å². The zero-order chi connectivity index (χ0) is 20.1. The number of hydrogen-bond acceptors (Lipinski definition) is 5. The van der Waals surface area contributed by atoms with Gasteiger partial charge in [0, 0.05) is 33.6 Å². The van der Waals surface area contributed by atoms with Gasteiger partial charge in [-0.3, -0.25) is 4.98 Å². The quantitative estimate of drug-likeness (QED) is 0.397. The number of benzene rings is 1. The van der Waals surface area contributed by atoms with E-state index in [1.54, 1.807) is 30.6 Å². The number of fused-ring (bicyclic) bond motifs is 1. The highest BCUT2D eigenvalue weighted by Gasteiger charge is 2.41. The van der Waals surface area contributed by atoms with Gasteiger partial charge in [0.25, 0.3) is 0 Å². The summed E-state index contributed by atoms with van der Waals surface area (Å²) in [6.45, 7) is 1.69. The Morgan fingerprint density at radius 2 is 2.07 bits per heavy atom. The van der Waals surface area contributed by atoms with Crippen LogP contribution in [0.4, 0.5) is 13.2 Å². The molecule has 0 bridgehead atoms. The number of halogens is 3. The molecule has 1 atom stereocenters. The molecule has 4 nitrogen and oxygen atoms in total. The maximum absolute atomic E-state index is 13.1. The molecule has 1 unspecified atom stereocenters. The lowest BCUT2D eigenvalue weighted by Crippen LogP contribution is -2.33. The van der Waals surface area contributed by atoms with Crippen molar-refractivity contribution in [1.82, 2.24) is 4.98 Å². The van der Waals surface area contributed by atoms with Gasteiger partial charge in [-0.15, -0.1) is 11.3 Å². The monoisotopic (exact) mass is 407 g/mol. The van der Waals surface area contributed by atoms with E-state index in [1.807, 2.05) is 18.2 Å². The Hall–Kier alpha value is -2.87. The predicted molar refractivity (Wildman–Crippen MR) is 101 cm³/mol. The van der Waals surface area contributed by atoms with E-state index >= 15 is 0 Å². The number of thiophene rings is 1. The molecule has 0 saturated heterocycles. The highest BCUT2D eigenvalue weighted by atomic mass is 32.1. The van der Waals surface area contributed by atoms with Crippen molar-refractivity contribution < 1.29 is 27.4 Å². The summed E-state index contributed by atoms with van der Waals surface area (Å²) in [5, 5.41) is 0.962. The molecule has 0 aliphatic carbocycles. The molecule has 2 aromatic heterocycles. The second-order valence-corrected chi connectivity index (χ2v) is 7.02. The zero-order valence-corrected chi connectivity index (χ0v) is 15.4. The van der Waals surface area contributed by atoms with Crippen LogP contribution in [0.3, 0.4) is 0 Å². The number of nitrogens with zero attached hydrogens (tertiary/aromatic N) is 1. The number of hydrogen-bond donors (Lipinski definition) is 0. The van der Waals surface area contributed by atoms with Crippen molar-refractivity contribution >= 4 is 27.4 Å². The second-order valence-electron chi connectivity index (χ2n) is 5.94. The van der Waals surface area contributed by atoms with E-state index in [2.05, 4.69) is 16.3 Å². The van der Waals surface area contributed by atoms with Crippen LogP contribution in [0.1, 0.15) is 0 Å². The molecule has 3 rings (SSSR count). The van der Waals surface area contributed by atoms with Crippen LogP contribution >= 0.6 is 11.3 Å². The number of esters is 1. The van der Waals surface area contributed by atoms with Crippen LogP contribution in [-0.2, 0) is 9.53 Å². The molecule has 2 heterocycles. The molecular formula is C20H16F3NO3S. The normalized spacial score (nSPS) is 12.5. The van der Waals surface area contributed by atoms with Crippen molar-refractivity contribution in [3.05, 3.63) is 61.4 Å². The Labute approximate surface area is 163 Å². The van der Waals surface area contributed by atoms with Crippen LogP contribution in [0.5, 0.6) is 5.75 Å². The molecule has 146 valence electrons. The molecule has 0 saturated carbocycles. The largest absolute Gasteiger partial charge is 0.493 e. The molecule has 0 radical (unpaired) electrons. The Bertz CT molecular complexity index is 970. The van der Waals surface area contributed by atoms with Crippen molar-refractivity contribution in [3.8, 4) is 16.2 Å². The third-order valence-electron chi connectivity index (χ3n) is 3.95. The van der Waals surface area contributed by atoms with Gasteiger partial charge >= 0.3 is 12.1 Å². The van der Waals surface area contributed by atoms with Gasteiger partial charge < -0.3 is 9.47 Å². The first-order valence-electron chi connectivity index (χ1n) is 8.29. The molecular weight excluding hydrogens is 391 g/mol. The topological polar surface area (TPSA) is 48.4 Å². The summed E-state index contributed by atoms with van der Waals surface area (Å²) in [5.74, 6) is -2.52. The van der Waals surface area contributed by atoms with Gasteiger partial charge in [0.05, 0.1) is 0 Å². The van der Waals surface area contributed by atoms with E-state index < -0.39 is 31.3 Å². The Morgan fingerprint density at radius 1 is 1.25 bits per heavy atom. The summed E-state index contributed by atoms with van der Waals surface area (Å²) in [6, 6.07) is 10.9. The fraction of sp³-hybridized carbons (Fsp3) is 0.200. The molecule has 1 aromatic carbocycles. The zero-order valence-electron chi connectivity index (χ0n) is 14.6. The SMILES string of the molecule is C=CC(=O)OCC(COc1ccc2cc(-c3cccnc3)sc2c1)C(F)(F)F. The number of aromatic nitrogens is 1. The maximum Gasteiger partial charge on any atom is 0.398 e. The highest BCUT2D eigenvalue weighted by Crippen LogP contribution is 2.35. The van der Waals surface area contributed by atoms with E-state index in [4.69, 9.17) is 4.74 Å². The minimum atomic E-state index is -4.55. The minimum Gasteiger partial charge on any atom is -0.493 e. The highest BCUT2D eigenvalue weighted by molar-refractivity contribution is 7.22. The fourth-order valence-corrected chi connectivity index (χ4v) is 3.51. The molecule has 0 N–H and O–H groups in total. The van der Waals surface area contributed by atoms with E-state index in [0.717, 1.165) is 26.6 Å². The van der Waals surface area contributed by atoms with Crippen LogP contribution in [0.25, 0.3) is 20.5 Å². The Morgan fingerprint density at radius 3 is 2.75 bits per heavy atom. The average Bonchev–Trinajstić information content (AvgIpc) is 3.10. The summed E-state index contributed by atoms with van der Waals surface area (Å²) in [7, 11) is 0. The predicted octanol–water partition coefficient (Wildman–Crippen LogP) is 5.25. The van der Waals surface area contributed by atoms with Gasteiger partial charge in [-0.25, -0.2) is 4.79 Å². The van der Waals surface area contributed by atoms with Crippen molar-refractivity contribution in [3.63, 3.8) is 0 Å². The summed E-state index contributed by atoms with van der Waals surface area (Å²) >= 11 is 1.50. The fourth-order valence-electron chi connectivity index (χ4n) is 2.43. The molecule has 0 spiro atoms. The molecule has 8 heteroatoms. The van der Waals surface area contributed by atoms with E-state index in [-0.39, 0.29) is 0 Å². The van der Waals surface area contributed by atoms with Gasteiger partial charge in [-0.1, -0.05) is 12.6 Å². The van der Waals surface area contributed by atoms with Gasteiger partial charge in [-0.2, -0.15) is 13.2 Å². The minimum absolute atomic E-state index is 0.316. The molecule has 0 aliphatic heterocycles. The third-order valence-corrected chi connectivity index (χ3v) is 5.09. The Balaban J connectivity index is 1.72. The molecule has 3 aromatic rings. The van der Waals surface area contributed by atoms with Gasteiger partial charge in [0.1, 0.15) is 24.9 Å². The third kappa shape index (κ3) is 4.89. The first-order chi connectivity index (χ1) is 13.4. The van der Waals surface area contributed by atoms with Crippen molar-refractivity contribution in [2.75, 3.05) is 13.2 Å². The maximum atomic E-state index is 13.1. The molecule has 0 aliphatic rings. The summed E-state index contributed by atoms with van der Waals surface area (Å²) < 4.78 is 50.1. The van der Waals surface area contributed by atoms with Crippen molar-refractivity contribution in [2.45, 2.75) is 6.18 Å². The van der Waals surface area contributed by atoms with Crippen molar-refractivity contribution in [2.24, 2.45) is 5.92 Å². The van der Waals surface area contributed by atoms with E-state index in [9.17, 15) is 18.0 Å². The standard InChI is InChI=1S/C20H16F3NO3S/c1-2-19(25)27-12-15(20(21,22)23)11-26-16-6-5-13-8-17(28-18(13)9-16)14-4-3-7-24-10-14/h2-10,15H,1,11-12H2. The average molecular weight is 407 g/mol. The lowest BCUT2D eigenvalue weighted by molar-refractivity contribution is -0.195. The summed E-state index contributed by atoms with van der Waals surface area (Å²) in [6.07, 6.45) is -0.298. The summed E-state index contributed by atoms with van der Waals surface area (Å²) in [4.78, 5) is 16.1. The first-order valence-corrected chi connectivity index (χ1v) is 9.11. The van der Waals surface area contributed by atoms with Gasteiger partial charge in [0.2, 0.25) is 0 Å². The number of rotatable bonds is 7. The smallest absolute Gasteiger partial charge is 0.398 e.